The number of thiophene rings is 1. The SMILES string of the molecule is CCNCc1cc(C)c(C)c(S(=O)(=O)Nc2ccsc2)c1. The Kier molecular flexibility index (Phi) is 5.03. The molecule has 0 atom stereocenters. The summed E-state index contributed by atoms with van der Waals surface area (Å²) >= 11 is 1.46. The van der Waals surface area contributed by atoms with Crippen LogP contribution in [0.4, 0.5) is 5.69 Å². The fourth-order valence-corrected chi connectivity index (χ4v) is 4.16. The molecular weight excluding hydrogens is 304 g/mol. The summed E-state index contributed by atoms with van der Waals surface area (Å²) in [6.07, 6.45) is 0. The highest BCUT2D eigenvalue weighted by atomic mass is 32.2. The topological polar surface area (TPSA) is 58.2 Å². The van der Waals surface area contributed by atoms with Crippen molar-refractivity contribution in [3.8, 4) is 0 Å². The minimum atomic E-state index is -3.56. The number of anilines is 1. The second-order valence-corrected chi connectivity index (χ2v) is 7.36. The standard InChI is InChI=1S/C15H20N2O2S2/c1-4-16-9-13-7-11(2)12(3)15(8-13)21(18,19)17-14-5-6-20-10-14/h5-8,10,16-17H,4,9H2,1-3H3. The Morgan fingerprint density at radius 1 is 1.24 bits per heavy atom. The predicted octanol–water partition coefficient (Wildman–Crippen LogP) is 3.28. The van der Waals surface area contributed by atoms with Gasteiger partial charge < -0.3 is 5.32 Å². The zero-order valence-corrected chi connectivity index (χ0v) is 14.1. The molecule has 0 saturated heterocycles. The van der Waals surface area contributed by atoms with Crippen LogP contribution in [-0.2, 0) is 16.6 Å². The lowest BCUT2D eigenvalue weighted by Crippen LogP contribution is -2.17. The zero-order chi connectivity index (χ0) is 15.5. The van der Waals surface area contributed by atoms with Crippen molar-refractivity contribution in [1.29, 1.82) is 0 Å². The molecule has 2 rings (SSSR count). The van der Waals surface area contributed by atoms with Crippen LogP contribution < -0.4 is 10.0 Å². The van der Waals surface area contributed by atoms with Gasteiger partial charge in [0.25, 0.3) is 10.0 Å². The lowest BCUT2D eigenvalue weighted by atomic mass is 10.1. The van der Waals surface area contributed by atoms with Crippen LogP contribution in [0.5, 0.6) is 0 Å². The highest BCUT2D eigenvalue weighted by molar-refractivity contribution is 7.92. The van der Waals surface area contributed by atoms with Gasteiger partial charge in [0.2, 0.25) is 0 Å². The number of nitrogens with one attached hydrogen (secondary N) is 2. The van der Waals surface area contributed by atoms with E-state index in [0.29, 0.717) is 17.1 Å². The molecule has 6 heteroatoms. The van der Waals surface area contributed by atoms with Crippen molar-refractivity contribution in [3.63, 3.8) is 0 Å². The van der Waals surface area contributed by atoms with Crippen LogP contribution in [-0.4, -0.2) is 15.0 Å². The van der Waals surface area contributed by atoms with Gasteiger partial charge >= 0.3 is 0 Å². The second kappa shape index (κ2) is 6.60. The van der Waals surface area contributed by atoms with Gasteiger partial charge in [0.05, 0.1) is 10.6 Å². The molecule has 0 unspecified atom stereocenters. The van der Waals surface area contributed by atoms with E-state index in [2.05, 4.69) is 10.0 Å². The molecule has 0 spiro atoms. The lowest BCUT2D eigenvalue weighted by molar-refractivity contribution is 0.600. The highest BCUT2D eigenvalue weighted by Gasteiger charge is 2.19. The van der Waals surface area contributed by atoms with Crippen LogP contribution >= 0.6 is 11.3 Å². The fourth-order valence-electron chi connectivity index (χ4n) is 2.08. The van der Waals surface area contributed by atoms with Crippen molar-refractivity contribution in [2.75, 3.05) is 11.3 Å². The first-order chi connectivity index (χ1) is 9.94. The van der Waals surface area contributed by atoms with Crippen molar-refractivity contribution < 1.29 is 8.42 Å². The van der Waals surface area contributed by atoms with Crippen molar-refractivity contribution in [3.05, 3.63) is 45.6 Å². The molecule has 1 aromatic heterocycles. The molecule has 0 saturated carbocycles. The van der Waals surface area contributed by atoms with Crippen LogP contribution in [0.2, 0.25) is 0 Å². The van der Waals surface area contributed by atoms with E-state index < -0.39 is 10.0 Å². The fraction of sp³-hybridized carbons (Fsp3) is 0.333. The van der Waals surface area contributed by atoms with Gasteiger partial charge in [-0.15, -0.1) is 0 Å². The molecule has 1 aromatic carbocycles. The smallest absolute Gasteiger partial charge is 0.262 e. The van der Waals surface area contributed by atoms with Crippen LogP contribution in [0.15, 0.2) is 33.9 Å². The van der Waals surface area contributed by atoms with Gasteiger partial charge in [-0.2, -0.15) is 11.3 Å². The Labute approximate surface area is 130 Å². The van der Waals surface area contributed by atoms with Crippen LogP contribution in [0.1, 0.15) is 23.6 Å². The van der Waals surface area contributed by atoms with Crippen LogP contribution in [0.3, 0.4) is 0 Å². The summed E-state index contributed by atoms with van der Waals surface area (Å²) in [5.74, 6) is 0. The molecular formula is C15H20N2O2S2. The number of sulfonamides is 1. The summed E-state index contributed by atoms with van der Waals surface area (Å²) in [6, 6.07) is 5.54. The Morgan fingerprint density at radius 3 is 2.62 bits per heavy atom. The Balaban J connectivity index is 2.39. The Hall–Kier alpha value is -1.37. The zero-order valence-electron chi connectivity index (χ0n) is 12.4. The summed E-state index contributed by atoms with van der Waals surface area (Å²) < 4.78 is 27.8. The van der Waals surface area contributed by atoms with E-state index in [1.807, 2.05) is 32.2 Å². The minimum absolute atomic E-state index is 0.349. The van der Waals surface area contributed by atoms with E-state index >= 15 is 0 Å². The van der Waals surface area contributed by atoms with Gasteiger partial charge in [0.1, 0.15) is 0 Å². The molecule has 0 fully saturated rings. The minimum Gasteiger partial charge on any atom is -0.313 e. The molecule has 2 aromatic rings. The van der Waals surface area contributed by atoms with Crippen molar-refractivity contribution >= 4 is 27.0 Å². The van der Waals surface area contributed by atoms with Gasteiger partial charge in [-0.25, -0.2) is 8.42 Å². The van der Waals surface area contributed by atoms with E-state index in [1.165, 1.54) is 11.3 Å². The third-order valence-corrected chi connectivity index (χ3v) is 5.51. The quantitative estimate of drug-likeness (QED) is 0.857. The molecule has 0 bridgehead atoms. The summed E-state index contributed by atoms with van der Waals surface area (Å²) in [4.78, 5) is 0.349. The average Bonchev–Trinajstić information content (AvgIpc) is 2.91. The third kappa shape index (κ3) is 3.84. The van der Waals surface area contributed by atoms with Crippen LogP contribution in [0, 0.1) is 13.8 Å². The van der Waals surface area contributed by atoms with E-state index in [4.69, 9.17) is 0 Å². The highest BCUT2D eigenvalue weighted by Crippen LogP contribution is 2.24. The molecule has 1 heterocycles. The summed E-state index contributed by atoms with van der Waals surface area (Å²) in [6.45, 7) is 7.32. The number of hydrogen-bond donors (Lipinski definition) is 2. The van der Waals surface area contributed by atoms with Gasteiger partial charge in [-0.1, -0.05) is 13.0 Å². The number of hydrogen-bond acceptors (Lipinski definition) is 4. The summed E-state index contributed by atoms with van der Waals surface area (Å²) in [5.41, 5.74) is 3.36. The number of rotatable bonds is 6. The molecule has 0 aliphatic rings. The first kappa shape index (κ1) is 16.0. The van der Waals surface area contributed by atoms with Crippen molar-refractivity contribution in [2.45, 2.75) is 32.2 Å². The van der Waals surface area contributed by atoms with E-state index in [0.717, 1.165) is 23.2 Å². The molecule has 2 N–H and O–H groups in total. The average molecular weight is 324 g/mol. The van der Waals surface area contributed by atoms with E-state index in [-0.39, 0.29) is 0 Å². The largest absolute Gasteiger partial charge is 0.313 e. The van der Waals surface area contributed by atoms with Gasteiger partial charge in [0.15, 0.2) is 0 Å². The molecule has 4 nitrogen and oxygen atoms in total. The molecule has 21 heavy (non-hydrogen) atoms. The maximum absolute atomic E-state index is 12.6. The monoisotopic (exact) mass is 324 g/mol. The second-order valence-electron chi connectivity index (χ2n) is 4.93. The number of aryl methyl sites for hydroxylation is 1. The summed E-state index contributed by atoms with van der Waals surface area (Å²) in [5, 5.41) is 6.85. The normalized spacial score (nSPS) is 11.6. The van der Waals surface area contributed by atoms with Gasteiger partial charge in [-0.3, -0.25) is 4.72 Å². The van der Waals surface area contributed by atoms with Crippen LogP contribution in [0.25, 0.3) is 0 Å². The molecule has 0 amide bonds. The molecule has 114 valence electrons. The molecule has 0 radical (unpaired) electrons. The van der Waals surface area contributed by atoms with E-state index in [9.17, 15) is 8.42 Å². The Morgan fingerprint density at radius 2 is 2.00 bits per heavy atom. The van der Waals surface area contributed by atoms with E-state index in [1.54, 1.807) is 17.5 Å². The third-order valence-electron chi connectivity index (χ3n) is 3.32. The maximum Gasteiger partial charge on any atom is 0.262 e. The molecule has 0 aliphatic carbocycles. The van der Waals surface area contributed by atoms with Crippen molar-refractivity contribution in [1.82, 2.24) is 5.32 Å². The van der Waals surface area contributed by atoms with Gasteiger partial charge in [0, 0.05) is 11.9 Å². The first-order valence-electron chi connectivity index (χ1n) is 6.80. The molecule has 0 aliphatic heterocycles. The number of benzene rings is 1. The van der Waals surface area contributed by atoms with Gasteiger partial charge in [-0.05, 0) is 54.6 Å². The van der Waals surface area contributed by atoms with Crippen molar-refractivity contribution in [2.24, 2.45) is 0 Å². The first-order valence-corrected chi connectivity index (χ1v) is 9.22. The Bertz CT molecular complexity index is 708. The predicted molar refractivity (Wildman–Crippen MR) is 88.4 cm³/mol. The lowest BCUT2D eigenvalue weighted by Gasteiger charge is -2.14. The summed E-state index contributed by atoms with van der Waals surface area (Å²) in [7, 11) is -3.56. The maximum atomic E-state index is 12.6.